The molecule has 3 aliphatic rings. The summed E-state index contributed by atoms with van der Waals surface area (Å²) >= 11 is 0. The van der Waals surface area contributed by atoms with Gasteiger partial charge in [0, 0.05) is 24.3 Å². The number of guanidine groups is 2. The number of hydrogen-bond acceptors (Lipinski definition) is 6. The molecule has 4 rings (SSSR count). The van der Waals surface area contributed by atoms with Gasteiger partial charge in [0.1, 0.15) is 5.66 Å². The van der Waals surface area contributed by atoms with E-state index in [1.807, 2.05) is 24.0 Å². The fourth-order valence-electron chi connectivity index (χ4n) is 4.53. The van der Waals surface area contributed by atoms with E-state index >= 15 is 0 Å². The number of amides is 1. The van der Waals surface area contributed by atoms with E-state index in [9.17, 15) is 4.79 Å². The number of aryl methyl sites for hydroxylation is 1. The molecule has 7 nitrogen and oxygen atoms in total. The van der Waals surface area contributed by atoms with Gasteiger partial charge in [-0.2, -0.15) is 4.99 Å². The summed E-state index contributed by atoms with van der Waals surface area (Å²) in [5.41, 5.74) is 15.0. The summed E-state index contributed by atoms with van der Waals surface area (Å²) in [4.78, 5) is 25.0. The molecule has 0 unspecified atom stereocenters. The molecule has 1 spiro atoms. The first-order chi connectivity index (χ1) is 12.5. The Hall–Kier alpha value is -2.57. The number of rotatable bonds is 2. The van der Waals surface area contributed by atoms with E-state index < -0.39 is 5.66 Å². The first-order valence-corrected chi connectivity index (χ1v) is 9.47. The van der Waals surface area contributed by atoms with Gasteiger partial charge >= 0.3 is 0 Å². The normalized spacial score (nSPS) is 22.1. The van der Waals surface area contributed by atoms with E-state index in [2.05, 4.69) is 16.0 Å². The van der Waals surface area contributed by atoms with Gasteiger partial charge in [0.2, 0.25) is 17.8 Å². The maximum Gasteiger partial charge on any atom is 0.227 e. The average molecular weight is 354 g/mol. The maximum absolute atomic E-state index is 12.1. The van der Waals surface area contributed by atoms with Crippen molar-refractivity contribution in [3.05, 3.63) is 23.8 Å². The van der Waals surface area contributed by atoms with Crippen molar-refractivity contribution < 1.29 is 4.79 Å². The van der Waals surface area contributed by atoms with Gasteiger partial charge in [-0.15, -0.1) is 0 Å². The summed E-state index contributed by atoms with van der Waals surface area (Å²) in [5, 5.41) is 0. The third-order valence-electron chi connectivity index (χ3n) is 5.69. The predicted molar refractivity (Wildman–Crippen MR) is 104 cm³/mol. The van der Waals surface area contributed by atoms with Crippen LogP contribution >= 0.6 is 0 Å². The van der Waals surface area contributed by atoms with E-state index in [-0.39, 0.29) is 11.9 Å². The van der Waals surface area contributed by atoms with Crippen LogP contribution in [0, 0.1) is 0 Å². The molecule has 1 aromatic rings. The summed E-state index contributed by atoms with van der Waals surface area (Å²) in [6.45, 7) is 2.69. The van der Waals surface area contributed by atoms with Crippen molar-refractivity contribution >= 4 is 29.2 Å². The number of fused-ring (bicyclic) bond motifs is 1. The van der Waals surface area contributed by atoms with Gasteiger partial charge in [0.25, 0.3) is 0 Å². The first-order valence-electron chi connectivity index (χ1n) is 9.47. The second-order valence-electron chi connectivity index (χ2n) is 7.27. The number of hydrogen-bond donors (Lipinski definition) is 2. The van der Waals surface area contributed by atoms with Gasteiger partial charge in [-0.3, -0.25) is 9.69 Å². The van der Waals surface area contributed by atoms with Crippen LogP contribution in [0.4, 0.5) is 11.4 Å². The monoisotopic (exact) mass is 354 g/mol. The molecule has 2 heterocycles. The van der Waals surface area contributed by atoms with E-state index in [1.165, 1.54) is 12.0 Å². The maximum atomic E-state index is 12.1. The van der Waals surface area contributed by atoms with Crippen molar-refractivity contribution in [3.8, 4) is 0 Å². The zero-order valence-corrected chi connectivity index (χ0v) is 15.2. The lowest BCUT2D eigenvalue weighted by Crippen LogP contribution is -2.58. The SMILES string of the molecule is CCN1C(=O)CCc2cc(N3C(N)=NC(N)=NC34CCCCC4)ccc21. The number of nitrogens with zero attached hydrogens (tertiary/aromatic N) is 4. The van der Waals surface area contributed by atoms with E-state index in [1.54, 1.807) is 0 Å². The molecule has 7 heteroatoms. The Morgan fingerprint density at radius 1 is 1.15 bits per heavy atom. The molecule has 26 heavy (non-hydrogen) atoms. The minimum Gasteiger partial charge on any atom is -0.369 e. The fourth-order valence-corrected chi connectivity index (χ4v) is 4.53. The molecule has 0 bridgehead atoms. The van der Waals surface area contributed by atoms with Crippen LogP contribution in [-0.2, 0) is 11.2 Å². The molecule has 2 aliphatic heterocycles. The second-order valence-corrected chi connectivity index (χ2v) is 7.27. The summed E-state index contributed by atoms with van der Waals surface area (Å²) in [5.74, 6) is 0.855. The van der Waals surface area contributed by atoms with Crippen LogP contribution < -0.4 is 21.3 Å². The Morgan fingerprint density at radius 2 is 1.92 bits per heavy atom. The van der Waals surface area contributed by atoms with Crippen molar-refractivity contribution in [2.75, 3.05) is 16.3 Å². The van der Waals surface area contributed by atoms with Gasteiger partial charge in [0.05, 0.1) is 0 Å². The molecular weight excluding hydrogens is 328 g/mol. The molecule has 1 fully saturated rings. The van der Waals surface area contributed by atoms with Crippen LogP contribution in [0.25, 0.3) is 0 Å². The third kappa shape index (κ3) is 2.62. The third-order valence-corrected chi connectivity index (χ3v) is 5.69. The van der Waals surface area contributed by atoms with Gasteiger partial charge < -0.3 is 16.4 Å². The number of nitrogens with two attached hydrogens (primary N) is 2. The highest BCUT2D eigenvalue weighted by Crippen LogP contribution is 2.41. The summed E-state index contributed by atoms with van der Waals surface area (Å²) < 4.78 is 0. The molecule has 1 aliphatic carbocycles. The number of carbonyl (C=O) groups is 1. The van der Waals surface area contributed by atoms with Crippen molar-refractivity contribution in [1.82, 2.24) is 0 Å². The van der Waals surface area contributed by atoms with Crippen LogP contribution in [-0.4, -0.2) is 30.0 Å². The summed E-state index contributed by atoms with van der Waals surface area (Å²) in [6.07, 6.45) is 6.54. The molecule has 1 aromatic carbocycles. The Balaban J connectivity index is 1.76. The molecule has 0 atom stereocenters. The highest BCUT2D eigenvalue weighted by molar-refractivity contribution is 6.06. The van der Waals surface area contributed by atoms with E-state index in [4.69, 9.17) is 16.5 Å². The molecule has 1 amide bonds. The fraction of sp³-hybridized carbons (Fsp3) is 0.526. The molecule has 0 radical (unpaired) electrons. The van der Waals surface area contributed by atoms with Crippen LogP contribution in [0.5, 0.6) is 0 Å². The van der Waals surface area contributed by atoms with Crippen LogP contribution in [0.15, 0.2) is 28.2 Å². The minimum absolute atomic E-state index is 0.188. The topological polar surface area (TPSA) is 100 Å². The molecule has 0 saturated heterocycles. The Kier molecular flexibility index (Phi) is 4.09. The quantitative estimate of drug-likeness (QED) is 0.849. The molecule has 0 aromatic heterocycles. The smallest absolute Gasteiger partial charge is 0.227 e. The van der Waals surface area contributed by atoms with Crippen LogP contribution in [0.2, 0.25) is 0 Å². The van der Waals surface area contributed by atoms with Gasteiger partial charge in [0.15, 0.2) is 0 Å². The van der Waals surface area contributed by atoms with Gasteiger partial charge in [-0.1, -0.05) is 6.42 Å². The predicted octanol–water partition coefficient (Wildman–Crippen LogP) is 2.10. The second kappa shape index (κ2) is 6.30. The van der Waals surface area contributed by atoms with E-state index in [0.717, 1.165) is 43.5 Å². The molecular formula is C19H26N6O. The van der Waals surface area contributed by atoms with Crippen LogP contribution in [0.3, 0.4) is 0 Å². The lowest BCUT2D eigenvalue weighted by atomic mass is 9.87. The Bertz CT molecular complexity index is 793. The van der Waals surface area contributed by atoms with E-state index in [0.29, 0.717) is 18.9 Å². The zero-order chi connectivity index (χ0) is 18.3. The largest absolute Gasteiger partial charge is 0.369 e. The van der Waals surface area contributed by atoms with Crippen molar-refractivity contribution in [1.29, 1.82) is 0 Å². The molecule has 138 valence electrons. The van der Waals surface area contributed by atoms with Crippen LogP contribution in [0.1, 0.15) is 51.0 Å². The number of aliphatic imine (C=N–C) groups is 2. The van der Waals surface area contributed by atoms with Crippen molar-refractivity contribution in [2.45, 2.75) is 57.5 Å². The first kappa shape index (κ1) is 16.9. The highest BCUT2D eigenvalue weighted by atomic mass is 16.2. The lowest BCUT2D eigenvalue weighted by molar-refractivity contribution is -0.118. The Morgan fingerprint density at radius 3 is 2.65 bits per heavy atom. The number of anilines is 2. The lowest BCUT2D eigenvalue weighted by Gasteiger charge is -2.46. The molecule has 4 N–H and O–H groups in total. The Labute approximate surface area is 153 Å². The average Bonchev–Trinajstić information content (AvgIpc) is 2.61. The van der Waals surface area contributed by atoms with Crippen molar-refractivity contribution in [3.63, 3.8) is 0 Å². The summed E-state index contributed by atoms with van der Waals surface area (Å²) in [7, 11) is 0. The standard InChI is InChI=1S/C19H26N6O/c1-2-24-15-8-7-14(12-13(15)6-9-16(24)26)25-18(21)22-17(20)23-19(25)10-4-3-5-11-19/h7-8,12H,2-6,9-11H2,1H3,(H4,20,21,22,23). The zero-order valence-electron chi connectivity index (χ0n) is 15.2. The van der Waals surface area contributed by atoms with Crippen molar-refractivity contribution in [2.24, 2.45) is 21.5 Å². The van der Waals surface area contributed by atoms with Gasteiger partial charge in [-0.25, -0.2) is 4.99 Å². The van der Waals surface area contributed by atoms with Gasteiger partial charge in [-0.05, 0) is 62.8 Å². The summed E-state index contributed by atoms with van der Waals surface area (Å²) in [6, 6.07) is 6.19. The number of benzene rings is 1. The minimum atomic E-state index is -0.433. The number of carbonyl (C=O) groups excluding carboxylic acids is 1. The molecule has 1 saturated carbocycles. The highest BCUT2D eigenvalue weighted by Gasteiger charge is 2.42.